The van der Waals surface area contributed by atoms with Crippen LogP contribution >= 0.6 is 23.4 Å². The highest BCUT2D eigenvalue weighted by molar-refractivity contribution is 7.99. The van der Waals surface area contributed by atoms with Gasteiger partial charge in [-0.3, -0.25) is 14.9 Å². The number of rotatable bonds is 8. The number of nitrogens with zero attached hydrogens (tertiary/aromatic N) is 6. The number of anilines is 1. The first-order chi connectivity index (χ1) is 15.5. The van der Waals surface area contributed by atoms with Crippen molar-refractivity contribution in [1.82, 2.24) is 25.1 Å². The summed E-state index contributed by atoms with van der Waals surface area (Å²) in [5.74, 6) is 1.19. The maximum absolute atomic E-state index is 12.5. The fourth-order valence-corrected chi connectivity index (χ4v) is 4.40. The third-order valence-corrected chi connectivity index (χ3v) is 6.11. The molecule has 12 heteroatoms. The molecule has 1 aromatic carbocycles. The predicted octanol–water partition coefficient (Wildman–Crippen LogP) is 3.53. The Morgan fingerprint density at radius 1 is 1.31 bits per heavy atom. The van der Waals surface area contributed by atoms with Gasteiger partial charge in [0.2, 0.25) is 0 Å². The van der Waals surface area contributed by atoms with Gasteiger partial charge in [0.15, 0.2) is 10.8 Å². The van der Waals surface area contributed by atoms with Gasteiger partial charge in [-0.05, 0) is 30.7 Å². The van der Waals surface area contributed by atoms with E-state index in [0.29, 0.717) is 17.3 Å². The summed E-state index contributed by atoms with van der Waals surface area (Å²) in [5, 5.41) is 20.2. The molecule has 3 heterocycles. The number of halogens is 1. The molecule has 4 rings (SSSR count). The van der Waals surface area contributed by atoms with Crippen molar-refractivity contribution in [2.24, 2.45) is 0 Å². The second-order valence-electron chi connectivity index (χ2n) is 7.24. The summed E-state index contributed by atoms with van der Waals surface area (Å²) in [6.07, 6.45) is 4.03. The number of nitrogens with one attached hydrogen (secondary N) is 1. The number of carbonyl (C=O) groups excluding carboxylic acids is 1. The lowest BCUT2D eigenvalue weighted by molar-refractivity contribution is -0.385. The summed E-state index contributed by atoms with van der Waals surface area (Å²) in [7, 11) is 0. The van der Waals surface area contributed by atoms with Gasteiger partial charge >= 0.3 is 0 Å². The van der Waals surface area contributed by atoms with Crippen molar-refractivity contribution in [2.45, 2.75) is 31.5 Å². The van der Waals surface area contributed by atoms with Gasteiger partial charge in [-0.1, -0.05) is 30.3 Å². The van der Waals surface area contributed by atoms with E-state index in [1.807, 2.05) is 0 Å². The zero-order chi connectivity index (χ0) is 22.7. The second kappa shape index (κ2) is 9.70. The van der Waals surface area contributed by atoms with Crippen LogP contribution in [0.15, 0.2) is 29.6 Å². The van der Waals surface area contributed by atoms with Crippen LogP contribution in [0.5, 0.6) is 0 Å². The average molecular weight is 476 g/mol. The maximum atomic E-state index is 12.5. The molecule has 1 aliphatic rings. The summed E-state index contributed by atoms with van der Waals surface area (Å²) in [4.78, 5) is 34.8. The van der Waals surface area contributed by atoms with E-state index < -0.39 is 10.8 Å². The highest BCUT2D eigenvalue weighted by Gasteiger charge is 2.22. The molecule has 10 nitrogen and oxygen atoms in total. The number of fused-ring (bicyclic) bond motifs is 1. The van der Waals surface area contributed by atoms with E-state index in [0.717, 1.165) is 42.9 Å². The smallest absolute Gasteiger partial charge is 0.282 e. The maximum Gasteiger partial charge on any atom is 0.282 e. The molecule has 1 aliphatic heterocycles. The quantitative estimate of drug-likeness (QED) is 0.227. The Morgan fingerprint density at radius 3 is 2.81 bits per heavy atom. The zero-order valence-electron chi connectivity index (χ0n) is 17.5. The molecule has 0 saturated carbocycles. The number of hydrogen-bond donors (Lipinski definition) is 1. The topological polar surface area (TPSA) is 119 Å². The van der Waals surface area contributed by atoms with Gasteiger partial charge in [0.1, 0.15) is 11.4 Å². The summed E-state index contributed by atoms with van der Waals surface area (Å²) in [6, 6.07) is 3.90. The first-order valence-corrected chi connectivity index (χ1v) is 11.7. The Balaban J connectivity index is 1.53. The van der Waals surface area contributed by atoms with Gasteiger partial charge < -0.3 is 10.2 Å². The van der Waals surface area contributed by atoms with Crippen molar-refractivity contribution in [3.05, 3.63) is 45.1 Å². The Kier molecular flexibility index (Phi) is 6.75. The molecule has 0 bridgehead atoms. The molecule has 0 unspecified atom stereocenters. The van der Waals surface area contributed by atoms with Crippen LogP contribution in [0.3, 0.4) is 0 Å². The van der Waals surface area contributed by atoms with Crippen LogP contribution in [0.2, 0.25) is 5.02 Å². The molecule has 0 radical (unpaired) electrons. The highest BCUT2D eigenvalue weighted by Crippen LogP contribution is 2.29. The molecule has 168 valence electrons. The summed E-state index contributed by atoms with van der Waals surface area (Å²) in [5.41, 5.74) is 0.342. The molecule has 1 amide bonds. The molecular formula is C20H22ClN7O3S. The van der Waals surface area contributed by atoms with E-state index in [1.54, 1.807) is 22.6 Å². The van der Waals surface area contributed by atoms with E-state index in [1.165, 1.54) is 18.2 Å². The number of amides is 1. The van der Waals surface area contributed by atoms with Gasteiger partial charge in [0.25, 0.3) is 11.6 Å². The van der Waals surface area contributed by atoms with Crippen molar-refractivity contribution in [3.63, 3.8) is 0 Å². The van der Waals surface area contributed by atoms with Crippen LogP contribution in [0.25, 0.3) is 11.0 Å². The Hall–Kier alpha value is -2.92. The Morgan fingerprint density at radius 2 is 2.09 bits per heavy atom. The average Bonchev–Trinajstić information content (AvgIpc) is 3.44. The number of aromatic nitrogens is 4. The lowest BCUT2D eigenvalue weighted by atomic mass is 10.1. The predicted molar refractivity (Wildman–Crippen MR) is 124 cm³/mol. The second-order valence-corrected chi connectivity index (χ2v) is 8.90. The van der Waals surface area contributed by atoms with Gasteiger partial charge in [0, 0.05) is 30.7 Å². The molecule has 2 aromatic heterocycles. The third-order valence-electron chi connectivity index (χ3n) is 5.14. The van der Waals surface area contributed by atoms with Crippen LogP contribution in [0.1, 0.15) is 30.1 Å². The molecule has 0 atom stereocenters. The minimum Gasteiger partial charge on any atom is -0.356 e. The normalized spacial score (nSPS) is 13.6. The molecule has 0 spiro atoms. The molecule has 3 aromatic rings. The van der Waals surface area contributed by atoms with E-state index in [9.17, 15) is 14.9 Å². The fraction of sp³-hybridized carbons (Fsp3) is 0.400. The minimum atomic E-state index is -0.601. The molecule has 1 fully saturated rings. The number of nitro benzene ring substituents is 1. The van der Waals surface area contributed by atoms with Gasteiger partial charge in [-0.15, -0.1) is 0 Å². The van der Waals surface area contributed by atoms with Crippen LogP contribution in [-0.4, -0.2) is 56.0 Å². The first-order valence-electron chi connectivity index (χ1n) is 10.3. The lowest BCUT2D eigenvalue weighted by Gasteiger charge is -2.17. The number of nitro groups is 1. The third kappa shape index (κ3) is 4.63. The fourth-order valence-electron chi connectivity index (χ4n) is 3.67. The number of thioether (sulfide) groups is 1. The van der Waals surface area contributed by atoms with Crippen LogP contribution < -0.4 is 10.2 Å². The number of benzene rings is 1. The summed E-state index contributed by atoms with van der Waals surface area (Å²) in [6.45, 7) is 4.55. The summed E-state index contributed by atoms with van der Waals surface area (Å²) >= 11 is 7.49. The Labute approximate surface area is 193 Å². The zero-order valence-corrected chi connectivity index (χ0v) is 19.0. The van der Waals surface area contributed by atoms with Crippen LogP contribution in [-0.2, 0) is 6.54 Å². The first kappa shape index (κ1) is 22.3. The van der Waals surface area contributed by atoms with Gasteiger partial charge in [-0.2, -0.15) is 5.10 Å². The SMILES string of the molecule is CCSc1nc(N2CCCC2)c2cnn(CCNC(=O)c3cc(Cl)ccc3[N+](=O)[O-])c2n1. The highest BCUT2D eigenvalue weighted by atomic mass is 35.5. The van der Waals surface area contributed by atoms with E-state index in [4.69, 9.17) is 16.6 Å². The number of hydrogen-bond acceptors (Lipinski definition) is 8. The molecule has 32 heavy (non-hydrogen) atoms. The number of carbonyl (C=O) groups is 1. The standard InChI is InChI=1S/C20H22ClN7O3S/c1-2-32-20-24-17(26-8-3-4-9-26)15-12-23-27(18(15)25-20)10-7-22-19(29)14-11-13(21)5-6-16(14)28(30)31/h5-6,11-12H,2-4,7-10H2,1H3,(H,22,29). The van der Waals surface area contributed by atoms with E-state index >= 15 is 0 Å². The molecular weight excluding hydrogens is 454 g/mol. The Bertz CT molecular complexity index is 1160. The van der Waals surface area contributed by atoms with E-state index in [2.05, 4.69) is 27.2 Å². The van der Waals surface area contributed by atoms with Crippen molar-refractivity contribution in [3.8, 4) is 0 Å². The molecule has 0 aliphatic carbocycles. The van der Waals surface area contributed by atoms with Gasteiger partial charge in [0.05, 0.1) is 23.1 Å². The van der Waals surface area contributed by atoms with E-state index in [-0.39, 0.29) is 22.8 Å². The van der Waals surface area contributed by atoms with Crippen LogP contribution in [0.4, 0.5) is 11.5 Å². The monoisotopic (exact) mass is 475 g/mol. The van der Waals surface area contributed by atoms with Crippen molar-refractivity contribution in [2.75, 3.05) is 30.3 Å². The van der Waals surface area contributed by atoms with Crippen molar-refractivity contribution < 1.29 is 9.72 Å². The molecule has 1 saturated heterocycles. The van der Waals surface area contributed by atoms with Gasteiger partial charge in [-0.25, -0.2) is 14.6 Å². The lowest BCUT2D eigenvalue weighted by Crippen LogP contribution is -2.28. The van der Waals surface area contributed by atoms with Crippen LogP contribution in [0, 0.1) is 10.1 Å². The van der Waals surface area contributed by atoms with Crippen molar-refractivity contribution >= 4 is 51.8 Å². The molecule has 1 N–H and O–H groups in total. The largest absolute Gasteiger partial charge is 0.356 e. The minimum absolute atomic E-state index is 0.0758. The summed E-state index contributed by atoms with van der Waals surface area (Å²) < 4.78 is 1.73. The van der Waals surface area contributed by atoms with Crippen molar-refractivity contribution in [1.29, 1.82) is 0 Å².